The molecule has 0 saturated carbocycles. The predicted molar refractivity (Wildman–Crippen MR) is 49.3 cm³/mol. The predicted octanol–water partition coefficient (Wildman–Crippen LogP) is 1.84. The maximum absolute atomic E-state index is 13.2. The minimum absolute atomic E-state index is 0.0105. The number of halogens is 2. The van der Waals surface area contributed by atoms with Gasteiger partial charge in [0.05, 0.1) is 6.54 Å². The van der Waals surface area contributed by atoms with E-state index in [1.54, 1.807) is 0 Å². The lowest BCUT2D eigenvalue weighted by Crippen LogP contribution is -1.91. The summed E-state index contributed by atoms with van der Waals surface area (Å²) < 4.78 is 13.4. The monoisotopic (exact) mass is 261 g/mol. The first-order valence-electron chi connectivity index (χ1n) is 3.50. The Morgan fingerprint density at radius 3 is 2.79 bits per heavy atom. The van der Waals surface area contributed by atoms with Gasteiger partial charge >= 0.3 is 0 Å². The molecule has 0 spiro atoms. The Balaban J connectivity index is 3.28. The van der Waals surface area contributed by atoms with Crippen LogP contribution in [0, 0.1) is 5.82 Å². The molecule has 1 rings (SSSR count). The average molecular weight is 262 g/mol. The third kappa shape index (κ3) is 1.92. The van der Waals surface area contributed by atoms with Crippen LogP contribution < -0.4 is 0 Å². The van der Waals surface area contributed by atoms with E-state index in [0.717, 1.165) is 6.07 Å². The van der Waals surface area contributed by atoms with Crippen LogP contribution in [0.15, 0.2) is 15.5 Å². The highest BCUT2D eigenvalue weighted by molar-refractivity contribution is 9.10. The number of rotatable bonds is 2. The molecule has 1 aromatic rings. The van der Waals surface area contributed by atoms with Gasteiger partial charge in [-0.3, -0.25) is 0 Å². The fourth-order valence-corrected chi connectivity index (χ4v) is 1.41. The summed E-state index contributed by atoms with van der Waals surface area (Å²) in [5.74, 6) is -2.44. The minimum Gasteiger partial charge on any atom is -0.504 e. The zero-order valence-electron chi connectivity index (χ0n) is 6.79. The third-order valence-electron chi connectivity index (χ3n) is 1.57. The van der Waals surface area contributed by atoms with Gasteiger partial charge < -0.3 is 10.2 Å². The molecule has 0 aliphatic heterocycles. The summed E-state index contributed by atoms with van der Waals surface area (Å²) in [5.41, 5.74) is -0.0105. The second kappa shape index (κ2) is 4.21. The molecule has 0 fully saturated rings. The van der Waals surface area contributed by atoms with E-state index in [1.165, 1.54) is 6.08 Å². The Morgan fingerprint density at radius 2 is 2.21 bits per heavy atom. The van der Waals surface area contributed by atoms with E-state index in [1.807, 2.05) is 0 Å². The van der Waals surface area contributed by atoms with E-state index in [9.17, 15) is 9.18 Å². The normalized spacial score (nSPS) is 9.57. The van der Waals surface area contributed by atoms with Crippen LogP contribution in [0.4, 0.5) is 4.39 Å². The fourth-order valence-electron chi connectivity index (χ4n) is 0.892. The number of phenols is 2. The lowest BCUT2D eigenvalue weighted by Gasteiger charge is -2.05. The molecular weight excluding hydrogens is 257 g/mol. The molecule has 14 heavy (non-hydrogen) atoms. The Labute approximate surface area is 86.8 Å². The van der Waals surface area contributed by atoms with Crippen LogP contribution in [0.2, 0.25) is 0 Å². The van der Waals surface area contributed by atoms with Crippen molar-refractivity contribution in [2.45, 2.75) is 6.54 Å². The van der Waals surface area contributed by atoms with Crippen LogP contribution in [0.25, 0.3) is 0 Å². The van der Waals surface area contributed by atoms with Crippen LogP contribution in [0.3, 0.4) is 0 Å². The van der Waals surface area contributed by atoms with Gasteiger partial charge in [0.15, 0.2) is 17.3 Å². The molecule has 4 nitrogen and oxygen atoms in total. The second-order valence-corrected chi connectivity index (χ2v) is 3.28. The molecule has 0 saturated heterocycles. The van der Waals surface area contributed by atoms with Crippen LogP contribution in [0.1, 0.15) is 5.56 Å². The molecule has 0 aliphatic rings. The van der Waals surface area contributed by atoms with Crippen molar-refractivity contribution in [1.29, 1.82) is 0 Å². The third-order valence-corrected chi connectivity index (χ3v) is 2.28. The molecule has 0 radical (unpaired) electrons. The first kappa shape index (κ1) is 10.7. The summed E-state index contributed by atoms with van der Waals surface area (Å²) >= 11 is 2.96. The maximum Gasteiger partial charge on any atom is 0.235 e. The largest absolute Gasteiger partial charge is 0.504 e. The second-order valence-electron chi connectivity index (χ2n) is 2.43. The number of hydrogen-bond donors (Lipinski definition) is 2. The first-order valence-corrected chi connectivity index (χ1v) is 4.29. The summed E-state index contributed by atoms with van der Waals surface area (Å²) in [6.45, 7) is -0.246. The van der Waals surface area contributed by atoms with Gasteiger partial charge in [-0.2, -0.15) is 0 Å². The fraction of sp³-hybridized carbons (Fsp3) is 0.125. The molecule has 2 N–H and O–H groups in total. The van der Waals surface area contributed by atoms with E-state index < -0.39 is 17.3 Å². The molecule has 6 heteroatoms. The molecule has 0 bridgehead atoms. The van der Waals surface area contributed by atoms with Crippen LogP contribution in [0.5, 0.6) is 11.5 Å². The number of nitrogens with zero attached hydrogens (tertiary/aromatic N) is 1. The summed E-state index contributed by atoms with van der Waals surface area (Å²) in [4.78, 5) is 13.0. The molecule has 0 unspecified atom stereocenters. The van der Waals surface area contributed by atoms with Crippen molar-refractivity contribution in [2.75, 3.05) is 0 Å². The molecule has 0 aromatic heterocycles. The van der Waals surface area contributed by atoms with E-state index in [4.69, 9.17) is 10.2 Å². The zero-order chi connectivity index (χ0) is 10.7. The highest BCUT2D eigenvalue weighted by Gasteiger charge is 2.15. The first-order chi connectivity index (χ1) is 6.57. The van der Waals surface area contributed by atoms with Gasteiger partial charge in [0.2, 0.25) is 6.08 Å². The number of carbonyl (C=O) groups excluding carboxylic acids is 1. The zero-order valence-corrected chi connectivity index (χ0v) is 8.38. The van der Waals surface area contributed by atoms with Gasteiger partial charge in [0, 0.05) is 10.0 Å². The van der Waals surface area contributed by atoms with E-state index in [0.29, 0.717) is 0 Å². The highest BCUT2D eigenvalue weighted by Crippen LogP contribution is 2.35. The number of aromatic hydroxyl groups is 2. The molecule has 1 aromatic carbocycles. The smallest absolute Gasteiger partial charge is 0.235 e. The van der Waals surface area contributed by atoms with Gasteiger partial charge in [0.1, 0.15) is 0 Å². The van der Waals surface area contributed by atoms with Crippen molar-refractivity contribution in [3.8, 4) is 11.5 Å². The number of hydrogen-bond acceptors (Lipinski definition) is 4. The van der Waals surface area contributed by atoms with Crippen LogP contribution in [-0.2, 0) is 11.3 Å². The van der Waals surface area contributed by atoms with Gasteiger partial charge in [-0.15, -0.1) is 0 Å². The highest BCUT2D eigenvalue weighted by atomic mass is 79.9. The van der Waals surface area contributed by atoms with Gasteiger partial charge in [0.25, 0.3) is 0 Å². The van der Waals surface area contributed by atoms with Crippen LogP contribution >= 0.6 is 15.9 Å². The van der Waals surface area contributed by atoms with Gasteiger partial charge in [-0.25, -0.2) is 14.2 Å². The van der Waals surface area contributed by atoms with Gasteiger partial charge in [-0.05, 0) is 6.07 Å². The molecule has 74 valence electrons. The lowest BCUT2D eigenvalue weighted by atomic mass is 10.2. The Morgan fingerprint density at radius 1 is 1.57 bits per heavy atom. The van der Waals surface area contributed by atoms with E-state index in [-0.39, 0.29) is 16.6 Å². The number of aliphatic imine (C=N–C) groups is 1. The molecule has 0 atom stereocenters. The quantitative estimate of drug-likeness (QED) is 0.485. The van der Waals surface area contributed by atoms with Crippen LogP contribution in [-0.4, -0.2) is 16.3 Å². The maximum atomic E-state index is 13.2. The lowest BCUT2D eigenvalue weighted by molar-refractivity contribution is 0.376. The molecule has 0 amide bonds. The van der Waals surface area contributed by atoms with E-state index in [2.05, 4.69) is 20.9 Å². The SMILES string of the molecule is O=C=NCc1c(Br)cc(O)c(O)c1F. The average Bonchev–Trinajstić information content (AvgIpc) is 2.14. The Kier molecular flexibility index (Phi) is 3.22. The molecule has 0 heterocycles. The van der Waals surface area contributed by atoms with Crippen molar-refractivity contribution in [2.24, 2.45) is 4.99 Å². The summed E-state index contributed by atoms with van der Waals surface area (Å²) in [6.07, 6.45) is 1.25. The number of benzene rings is 1. The summed E-state index contributed by atoms with van der Waals surface area (Å²) in [6, 6.07) is 1.12. The van der Waals surface area contributed by atoms with Crippen molar-refractivity contribution in [3.63, 3.8) is 0 Å². The molecular formula is C8H5BrFNO3. The van der Waals surface area contributed by atoms with Crippen molar-refractivity contribution in [3.05, 3.63) is 21.9 Å². The summed E-state index contributed by atoms with van der Waals surface area (Å²) in [7, 11) is 0. The topological polar surface area (TPSA) is 69.9 Å². The van der Waals surface area contributed by atoms with Crippen molar-refractivity contribution in [1.82, 2.24) is 0 Å². The number of phenolic OH excluding ortho intramolecular Hbond substituents is 2. The Hall–Kier alpha value is -1.39. The standard InChI is InChI=1S/C8H5BrFNO3/c9-5-1-6(13)8(14)7(10)4(5)2-11-3-12/h1,13-14H,2H2. The minimum atomic E-state index is -1.00. The Bertz CT molecular complexity index is 416. The summed E-state index contributed by atoms with van der Waals surface area (Å²) in [5, 5.41) is 18.0. The van der Waals surface area contributed by atoms with Crippen molar-refractivity contribution >= 4 is 22.0 Å². The van der Waals surface area contributed by atoms with E-state index >= 15 is 0 Å². The molecule has 0 aliphatic carbocycles. The number of isocyanates is 1. The van der Waals surface area contributed by atoms with Gasteiger partial charge in [-0.1, -0.05) is 15.9 Å². The van der Waals surface area contributed by atoms with Crippen molar-refractivity contribution < 1.29 is 19.4 Å².